The zero-order valence-corrected chi connectivity index (χ0v) is 15.9. The van der Waals surface area contributed by atoms with Crippen molar-refractivity contribution >= 4 is 17.7 Å². The van der Waals surface area contributed by atoms with Crippen molar-refractivity contribution in [1.29, 1.82) is 0 Å². The number of allylic oxidation sites excluding steroid dienone is 1. The van der Waals surface area contributed by atoms with Gasteiger partial charge in [-0.25, -0.2) is 4.98 Å². The van der Waals surface area contributed by atoms with Crippen LogP contribution in [0.15, 0.2) is 48.8 Å². The van der Waals surface area contributed by atoms with Gasteiger partial charge in [-0.1, -0.05) is 18.2 Å². The number of amides is 1. The van der Waals surface area contributed by atoms with Gasteiger partial charge in [-0.15, -0.1) is 0 Å². The number of ether oxygens (including phenoxy) is 2. The average molecular weight is 368 g/mol. The van der Waals surface area contributed by atoms with E-state index in [-0.39, 0.29) is 12.5 Å². The van der Waals surface area contributed by atoms with Crippen LogP contribution < -0.4 is 19.4 Å². The largest absolute Gasteiger partial charge is 0.493 e. The van der Waals surface area contributed by atoms with E-state index in [1.165, 1.54) is 5.69 Å². The Morgan fingerprint density at radius 3 is 2.52 bits per heavy atom. The zero-order chi connectivity index (χ0) is 19.1. The van der Waals surface area contributed by atoms with Crippen molar-refractivity contribution < 1.29 is 19.3 Å². The topological polar surface area (TPSA) is 56.2 Å². The van der Waals surface area contributed by atoms with Gasteiger partial charge in [0.2, 0.25) is 0 Å². The van der Waals surface area contributed by atoms with Crippen LogP contribution in [0.25, 0.3) is 6.08 Å². The van der Waals surface area contributed by atoms with Crippen LogP contribution in [-0.4, -0.2) is 50.7 Å². The summed E-state index contributed by atoms with van der Waals surface area (Å²) < 4.78 is 11.1. The minimum Gasteiger partial charge on any atom is -0.493 e. The summed E-state index contributed by atoms with van der Waals surface area (Å²) in [6.07, 6.45) is 7.78. The summed E-state index contributed by atoms with van der Waals surface area (Å²) in [5, 5.41) is 0. The lowest BCUT2D eigenvalue weighted by molar-refractivity contribution is -0.377. The van der Waals surface area contributed by atoms with Crippen molar-refractivity contribution in [2.75, 3.05) is 44.8 Å². The number of anilines is 1. The fraction of sp³-hybridized carbons (Fsp3) is 0.333. The van der Waals surface area contributed by atoms with Crippen LogP contribution >= 0.6 is 0 Å². The van der Waals surface area contributed by atoms with Gasteiger partial charge in [0.1, 0.15) is 0 Å². The third-order valence-electron chi connectivity index (χ3n) is 4.60. The fourth-order valence-electron chi connectivity index (χ4n) is 3.13. The second kappa shape index (κ2) is 9.07. The molecule has 1 aliphatic heterocycles. The third kappa shape index (κ3) is 4.78. The highest BCUT2D eigenvalue weighted by Crippen LogP contribution is 2.28. The van der Waals surface area contributed by atoms with Crippen LogP contribution in [0.2, 0.25) is 0 Å². The number of carbonyl (C=O) groups excluding carboxylic acids is 1. The molecule has 1 amide bonds. The number of H-pyrrole nitrogens is 1. The Balaban J connectivity index is 1.53. The average Bonchev–Trinajstić information content (AvgIpc) is 2.73. The molecule has 27 heavy (non-hydrogen) atoms. The van der Waals surface area contributed by atoms with Crippen molar-refractivity contribution in [3.63, 3.8) is 0 Å². The number of nitrogens with one attached hydrogen (secondary N) is 1. The van der Waals surface area contributed by atoms with Gasteiger partial charge in [0.25, 0.3) is 5.91 Å². The Labute approximate surface area is 160 Å². The molecule has 0 saturated carbocycles. The van der Waals surface area contributed by atoms with E-state index in [4.69, 9.17) is 9.47 Å². The number of nitrogens with zero attached hydrogens (tertiary/aromatic N) is 2. The van der Waals surface area contributed by atoms with Crippen LogP contribution in [0.3, 0.4) is 0 Å². The minimum absolute atomic E-state index is 0.00405. The quantitative estimate of drug-likeness (QED) is 0.785. The van der Waals surface area contributed by atoms with Crippen LogP contribution in [-0.2, 0) is 4.79 Å². The molecule has 2 aromatic rings. The monoisotopic (exact) mass is 368 g/mol. The van der Waals surface area contributed by atoms with E-state index in [1.807, 2.05) is 66.7 Å². The lowest BCUT2D eigenvalue weighted by Gasteiger charge is -2.35. The molecule has 1 aromatic carbocycles. The van der Waals surface area contributed by atoms with Crippen LogP contribution in [0.4, 0.5) is 5.69 Å². The van der Waals surface area contributed by atoms with Gasteiger partial charge in [-0.05, 0) is 24.6 Å². The number of aromatic amines is 1. The Hall–Kier alpha value is -3.02. The molecule has 0 bridgehead atoms. The highest BCUT2D eigenvalue weighted by molar-refractivity contribution is 5.78. The lowest BCUT2D eigenvalue weighted by atomic mass is 10.2. The van der Waals surface area contributed by atoms with Crippen molar-refractivity contribution in [2.24, 2.45) is 0 Å². The van der Waals surface area contributed by atoms with E-state index in [2.05, 4.69) is 9.88 Å². The summed E-state index contributed by atoms with van der Waals surface area (Å²) in [4.78, 5) is 19.7. The summed E-state index contributed by atoms with van der Waals surface area (Å²) >= 11 is 0. The number of pyridine rings is 1. The summed E-state index contributed by atoms with van der Waals surface area (Å²) in [5.41, 5.74) is 2.20. The van der Waals surface area contributed by atoms with Gasteiger partial charge in [-0.2, -0.15) is 0 Å². The van der Waals surface area contributed by atoms with E-state index < -0.39 is 0 Å². The number of piperazine rings is 1. The molecule has 0 radical (unpaired) electrons. The molecule has 1 fully saturated rings. The maximum atomic E-state index is 12.5. The molecule has 1 N–H and O–H groups in total. The molecule has 0 spiro atoms. The predicted octanol–water partition coefficient (Wildman–Crippen LogP) is 2.27. The second-order valence-electron chi connectivity index (χ2n) is 6.33. The number of hydrogen-bond donors (Lipinski definition) is 0. The van der Waals surface area contributed by atoms with E-state index in [1.54, 1.807) is 7.11 Å². The summed E-state index contributed by atoms with van der Waals surface area (Å²) in [7, 11) is 1.60. The maximum absolute atomic E-state index is 12.5. The lowest BCUT2D eigenvalue weighted by Crippen LogP contribution is -2.50. The van der Waals surface area contributed by atoms with Crippen LogP contribution in [0.1, 0.15) is 12.5 Å². The molecule has 2 heterocycles. The molecule has 0 atom stereocenters. The number of benzene rings is 1. The SMILES string of the molecule is C/C=C/c1ccc(OCC(=O)N2CCN(c3cc[nH+]cc3)CC2)c(OC)c1. The Morgan fingerprint density at radius 2 is 1.85 bits per heavy atom. The summed E-state index contributed by atoms with van der Waals surface area (Å²) in [5.74, 6) is 1.21. The highest BCUT2D eigenvalue weighted by atomic mass is 16.5. The smallest absolute Gasteiger partial charge is 0.260 e. The number of methoxy groups -OCH3 is 1. The second-order valence-corrected chi connectivity index (χ2v) is 6.33. The van der Waals surface area contributed by atoms with E-state index in [9.17, 15) is 4.79 Å². The van der Waals surface area contributed by atoms with Crippen LogP contribution in [0.5, 0.6) is 11.5 Å². The standard InChI is InChI=1S/C21H25N3O3/c1-3-4-17-5-6-19(20(15-17)26-2)27-16-21(25)24-13-11-23(12-14-24)18-7-9-22-10-8-18/h3-10,15H,11-14,16H2,1-2H3/p+1/b4-3+. The number of aromatic nitrogens is 1. The Kier molecular flexibility index (Phi) is 6.30. The molecule has 1 aliphatic rings. The first kappa shape index (κ1) is 18.8. The van der Waals surface area contributed by atoms with E-state index >= 15 is 0 Å². The molecular formula is C21H26N3O3+. The molecule has 0 unspecified atom stereocenters. The normalized spacial score (nSPS) is 14.4. The molecule has 1 saturated heterocycles. The first-order chi connectivity index (χ1) is 13.2. The predicted molar refractivity (Wildman–Crippen MR) is 105 cm³/mol. The van der Waals surface area contributed by atoms with Crippen molar-refractivity contribution in [3.8, 4) is 11.5 Å². The molecular weight excluding hydrogens is 342 g/mol. The number of hydrogen-bond acceptors (Lipinski definition) is 4. The fourth-order valence-corrected chi connectivity index (χ4v) is 3.13. The maximum Gasteiger partial charge on any atom is 0.260 e. The summed E-state index contributed by atoms with van der Waals surface area (Å²) in [6, 6.07) is 9.77. The molecule has 1 aromatic heterocycles. The molecule has 142 valence electrons. The Morgan fingerprint density at radius 1 is 1.11 bits per heavy atom. The zero-order valence-electron chi connectivity index (χ0n) is 15.9. The number of carbonyl (C=O) groups is 1. The van der Waals surface area contributed by atoms with Crippen LogP contribution in [0, 0.1) is 0 Å². The first-order valence-electron chi connectivity index (χ1n) is 9.13. The van der Waals surface area contributed by atoms with Gasteiger partial charge >= 0.3 is 0 Å². The first-order valence-corrected chi connectivity index (χ1v) is 9.13. The van der Waals surface area contributed by atoms with Crippen molar-refractivity contribution in [1.82, 2.24) is 4.90 Å². The van der Waals surface area contributed by atoms with Gasteiger partial charge in [-0.3, -0.25) is 4.79 Å². The van der Waals surface area contributed by atoms with Gasteiger partial charge in [0, 0.05) is 44.0 Å². The Bertz CT molecular complexity index is 785. The van der Waals surface area contributed by atoms with Gasteiger partial charge in [0.15, 0.2) is 30.5 Å². The van der Waals surface area contributed by atoms with Gasteiger partial charge < -0.3 is 19.3 Å². The molecule has 0 aliphatic carbocycles. The molecule has 6 nitrogen and oxygen atoms in total. The van der Waals surface area contributed by atoms with E-state index in [0.717, 1.165) is 18.7 Å². The number of rotatable bonds is 6. The molecule has 3 rings (SSSR count). The van der Waals surface area contributed by atoms with Gasteiger partial charge in [0.05, 0.1) is 7.11 Å². The van der Waals surface area contributed by atoms with E-state index in [0.29, 0.717) is 24.6 Å². The van der Waals surface area contributed by atoms with Crippen molar-refractivity contribution in [2.45, 2.75) is 6.92 Å². The molecule has 6 heteroatoms. The third-order valence-corrected chi connectivity index (χ3v) is 4.60. The minimum atomic E-state index is -0.00405. The van der Waals surface area contributed by atoms with Crippen molar-refractivity contribution in [3.05, 3.63) is 54.4 Å². The highest BCUT2D eigenvalue weighted by Gasteiger charge is 2.22. The summed E-state index contributed by atoms with van der Waals surface area (Å²) in [6.45, 7) is 5.00.